The number of rotatable bonds is 5. The molecule has 1 unspecified atom stereocenters. The Hall–Kier alpha value is -0.0200. The largest absolute Gasteiger partial charge is 0.371 e. The highest BCUT2D eigenvalue weighted by Gasteiger charge is 2.11. The molecule has 0 fully saturated rings. The molecular formula is C13H19Br2N. The first kappa shape index (κ1) is 14.0. The minimum atomic E-state index is 0.580. The number of hydrogen-bond donors (Lipinski definition) is 0. The maximum atomic E-state index is 3.65. The van der Waals surface area contributed by atoms with Gasteiger partial charge in [-0.2, -0.15) is 0 Å². The molecule has 0 saturated carbocycles. The lowest BCUT2D eigenvalue weighted by atomic mass is 10.1. The van der Waals surface area contributed by atoms with Crippen LogP contribution >= 0.6 is 31.9 Å². The fourth-order valence-electron chi connectivity index (χ4n) is 1.77. The lowest BCUT2D eigenvalue weighted by Crippen LogP contribution is -2.28. The average molecular weight is 349 g/mol. The smallest absolute Gasteiger partial charge is 0.0510 e. The second kappa shape index (κ2) is 6.65. The zero-order chi connectivity index (χ0) is 12.1. The van der Waals surface area contributed by atoms with E-state index in [1.807, 2.05) is 0 Å². The van der Waals surface area contributed by atoms with Crippen molar-refractivity contribution in [1.29, 1.82) is 0 Å². The van der Waals surface area contributed by atoms with Gasteiger partial charge in [0.15, 0.2) is 0 Å². The van der Waals surface area contributed by atoms with Crippen LogP contribution < -0.4 is 4.90 Å². The van der Waals surface area contributed by atoms with Crippen molar-refractivity contribution in [2.45, 2.75) is 38.1 Å². The molecule has 1 aromatic rings. The molecule has 0 aromatic heterocycles. The normalized spacial score (nSPS) is 12.6. The Labute approximate surface area is 115 Å². The van der Waals surface area contributed by atoms with Crippen LogP contribution in [0.4, 0.5) is 5.69 Å². The molecule has 0 aliphatic heterocycles. The summed E-state index contributed by atoms with van der Waals surface area (Å²) in [5, 5.41) is 0.903. The van der Waals surface area contributed by atoms with Crippen molar-refractivity contribution < 1.29 is 0 Å². The lowest BCUT2D eigenvalue weighted by molar-refractivity contribution is 0.615. The standard InChI is InChI=1S/C13H19Br2N/c1-4-5-10(2)16(3)13-7-6-11(9-14)8-12(13)15/h6-8,10H,4-5,9H2,1-3H3. The zero-order valence-electron chi connectivity index (χ0n) is 10.1. The van der Waals surface area contributed by atoms with Crippen LogP contribution in [-0.2, 0) is 5.33 Å². The molecule has 0 amide bonds. The summed E-state index contributed by atoms with van der Waals surface area (Å²) in [6, 6.07) is 7.12. The van der Waals surface area contributed by atoms with Gasteiger partial charge in [0.25, 0.3) is 0 Å². The van der Waals surface area contributed by atoms with Crippen LogP contribution in [0.25, 0.3) is 0 Å². The van der Waals surface area contributed by atoms with E-state index in [1.54, 1.807) is 0 Å². The Morgan fingerprint density at radius 1 is 1.38 bits per heavy atom. The first-order valence-electron chi connectivity index (χ1n) is 5.67. The molecule has 0 N–H and O–H groups in total. The fourth-order valence-corrected chi connectivity index (χ4v) is 2.82. The average Bonchev–Trinajstić information content (AvgIpc) is 2.28. The van der Waals surface area contributed by atoms with E-state index in [-0.39, 0.29) is 0 Å². The second-order valence-electron chi connectivity index (χ2n) is 4.17. The summed E-state index contributed by atoms with van der Waals surface area (Å²) in [5.74, 6) is 0. The van der Waals surface area contributed by atoms with Crippen LogP contribution in [0.3, 0.4) is 0 Å². The third kappa shape index (κ3) is 3.49. The van der Waals surface area contributed by atoms with E-state index in [2.05, 4.69) is 75.9 Å². The maximum Gasteiger partial charge on any atom is 0.0510 e. The lowest BCUT2D eigenvalue weighted by Gasteiger charge is -2.28. The van der Waals surface area contributed by atoms with E-state index in [0.29, 0.717) is 6.04 Å². The number of anilines is 1. The summed E-state index contributed by atoms with van der Waals surface area (Å²) in [6.45, 7) is 4.50. The zero-order valence-corrected chi connectivity index (χ0v) is 13.3. The van der Waals surface area contributed by atoms with Gasteiger partial charge in [0.05, 0.1) is 5.69 Å². The highest BCUT2D eigenvalue weighted by molar-refractivity contribution is 9.10. The van der Waals surface area contributed by atoms with Gasteiger partial charge in [-0.05, 0) is 47.0 Å². The van der Waals surface area contributed by atoms with Crippen molar-refractivity contribution in [3.05, 3.63) is 28.2 Å². The van der Waals surface area contributed by atoms with Gasteiger partial charge in [-0.3, -0.25) is 0 Å². The topological polar surface area (TPSA) is 3.24 Å². The van der Waals surface area contributed by atoms with E-state index in [1.165, 1.54) is 28.6 Å². The molecule has 1 rings (SSSR count). The summed E-state index contributed by atoms with van der Waals surface area (Å²) in [4.78, 5) is 2.34. The van der Waals surface area contributed by atoms with E-state index >= 15 is 0 Å². The Morgan fingerprint density at radius 2 is 2.06 bits per heavy atom. The Kier molecular flexibility index (Phi) is 5.84. The van der Waals surface area contributed by atoms with Crippen LogP contribution in [0, 0.1) is 0 Å². The fraction of sp³-hybridized carbons (Fsp3) is 0.538. The first-order valence-corrected chi connectivity index (χ1v) is 7.58. The molecule has 16 heavy (non-hydrogen) atoms. The summed E-state index contributed by atoms with van der Waals surface area (Å²) < 4.78 is 1.18. The van der Waals surface area contributed by atoms with Gasteiger partial charge in [-0.25, -0.2) is 0 Å². The summed E-state index contributed by atoms with van der Waals surface area (Å²) >= 11 is 7.12. The molecular weight excluding hydrogens is 330 g/mol. The predicted octanol–water partition coefficient (Wildman–Crippen LogP) is 4.97. The second-order valence-corrected chi connectivity index (χ2v) is 5.58. The van der Waals surface area contributed by atoms with E-state index < -0.39 is 0 Å². The molecule has 0 heterocycles. The number of alkyl halides is 1. The van der Waals surface area contributed by atoms with Gasteiger partial charge in [0, 0.05) is 22.9 Å². The van der Waals surface area contributed by atoms with Crippen LogP contribution in [0.5, 0.6) is 0 Å². The van der Waals surface area contributed by atoms with Crippen molar-refractivity contribution >= 4 is 37.5 Å². The molecule has 0 spiro atoms. The summed E-state index contributed by atoms with van der Waals surface area (Å²) in [5.41, 5.74) is 2.57. The molecule has 0 bridgehead atoms. The molecule has 0 radical (unpaired) electrons. The molecule has 1 nitrogen and oxygen atoms in total. The number of hydrogen-bond acceptors (Lipinski definition) is 1. The van der Waals surface area contributed by atoms with Crippen LogP contribution in [0.1, 0.15) is 32.3 Å². The summed E-state index contributed by atoms with van der Waals surface area (Å²) in [6.07, 6.45) is 2.45. The number of halogens is 2. The highest BCUT2D eigenvalue weighted by Crippen LogP contribution is 2.29. The maximum absolute atomic E-state index is 3.65. The van der Waals surface area contributed by atoms with E-state index in [0.717, 1.165) is 5.33 Å². The van der Waals surface area contributed by atoms with Gasteiger partial charge in [0.1, 0.15) is 0 Å². The molecule has 0 saturated heterocycles. The van der Waals surface area contributed by atoms with Gasteiger partial charge in [-0.15, -0.1) is 0 Å². The van der Waals surface area contributed by atoms with E-state index in [4.69, 9.17) is 0 Å². The molecule has 1 atom stereocenters. The molecule has 1 aromatic carbocycles. The van der Waals surface area contributed by atoms with Crippen LogP contribution in [0.2, 0.25) is 0 Å². The highest BCUT2D eigenvalue weighted by atomic mass is 79.9. The SMILES string of the molecule is CCCC(C)N(C)c1ccc(CBr)cc1Br. The minimum Gasteiger partial charge on any atom is -0.371 e. The Balaban J connectivity index is 2.87. The summed E-state index contributed by atoms with van der Waals surface area (Å²) in [7, 11) is 2.16. The Bertz CT molecular complexity index is 339. The van der Waals surface area contributed by atoms with Crippen molar-refractivity contribution in [3.8, 4) is 0 Å². The Morgan fingerprint density at radius 3 is 2.56 bits per heavy atom. The number of nitrogens with zero attached hydrogens (tertiary/aromatic N) is 1. The quantitative estimate of drug-likeness (QED) is 0.679. The number of benzene rings is 1. The third-order valence-electron chi connectivity index (χ3n) is 2.91. The molecule has 90 valence electrons. The van der Waals surface area contributed by atoms with Gasteiger partial charge >= 0.3 is 0 Å². The van der Waals surface area contributed by atoms with Crippen LogP contribution in [0.15, 0.2) is 22.7 Å². The van der Waals surface area contributed by atoms with Gasteiger partial charge in [-0.1, -0.05) is 35.3 Å². The van der Waals surface area contributed by atoms with Gasteiger partial charge in [0.2, 0.25) is 0 Å². The monoisotopic (exact) mass is 347 g/mol. The molecule has 3 heteroatoms. The van der Waals surface area contributed by atoms with Crippen molar-refractivity contribution in [1.82, 2.24) is 0 Å². The molecule has 0 aliphatic rings. The minimum absolute atomic E-state index is 0.580. The first-order chi connectivity index (χ1) is 7.60. The predicted molar refractivity (Wildman–Crippen MR) is 79.5 cm³/mol. The van der Waals surface area contributed by atoms with Crippen molar-refractivity contribution in [3.63, 3.8) is 0 Å². The van der Waals surface area contributed by atoms with Crippen molar-refractivity contribution in [2.24, 2.45) is 0 Å². The van der Waals surface area contributed by atoms with Gasteiger partial charge < -0.3 is 4.90 Å². The van der Waals surface area contributed by atoms with E-state index in [9.17, 15) is 0 Å². The molecule has 0 aliphatic carbocycles. The van der Waals surface area contributed by atoms with Crippen molar-refractivity contribution in [2.75, 3.05) is 11.9 Å². The third-order valence-corrected chi connectivity index (χ3v) is 4.20. The van der Waals surface area contributed by atoms with Crippen LogP contribution in [-0.4, -0.2) is 13.1 Å².